The smallest absolute Gasteiger partial charge is 0.222 e. The highest BCUT2D eigenvalue weighted by Crippen LogP contribution is 2.37. The van der Waals surface area contributed by atoms with Gasteiger partial charge in [0.25, 0.3) is 0 Å². The lowest BCUT2D eigenvalue weighted by Crippen LogP contribution is -2.41. The molecule has 1 atom stereocenters. The minimum Gasteiger partial charge on any atom is -0.341 e. The van der Waals surface area contributed by atoms with E-state index in [4.69, 9.17) is 6.42 Å². The molecular weight excluding hydrogens is 276 g/mol. The van der Waals surface area contributed by atoms with Crippen molar-refractivity contribution in [3.05, 3.63) is 0 Å². The van der Waals surface area contributed by atoms with Crippen molar-refractivity contribution in [3.63, 3.8) is 0 Å². The molecule has 3 aliphatic heterocycles. The normalized spacial score (nSPS) is 26.9. The second-order valence-electron chi connectivity index (χ2n) is 6.77. The van der Waals surface area contributed by atoms with E-state index in [0.29, 0.717) is 18.9 Å². The van der Waals surface area contributed by atoms with Gasteiger partial charge >= 0.3 is 0 Å². The van der Waals surface area contributed by atoms with E-state index in [1.807, 2.05) is 4.90 Å². The second-order valence-corrected chi connectivity index (χ2v) is 6.77. The van der Waals surface area contributed by atoms with E-state index in [9.17, 15) is 4.79 Å². The van der Waals surface area contributed by atoms with Gasteiger partial charge in [0.05, 0.1) is 0 Å². The summed E-state index contributed by atoms with van der Waals surface area (Å²) >= 11 is 0. The molecular formula is C17H26N4O. The minimum absolute atomic E-state index is 0.261. The van der Waals surface area contributed by atoms with Gasteiger partial charge in [-0.15, -0.1) is 12.3 Å². The number of terminal acetylenes is 1. The van der Waals surface area contributed by atoms with Crippen LogP contribution in [0.1, 0.15) is 51.4 Å². The zero-order chi connectivity index (χ0) is 15.4. The molecule has 1 unspecified atom stereocenters. The van der Waals surface area contributed by atoms with E-state index in [0.717, 1.165) is 32.4 Å². The second kappa shape index (κ2) is 6.78. The van der Waals surface area contributed by atoms with E-state index < -0.39 is 0 Å². The van der Waals surface area contributed by atoms with Crippen molar-refractivity contribution in [2.45, 2.75) is 63.1 Å². The van der Waals surface area contributed by atoms with Crippen LogP contribution in [-0.4, -0.2) is 53.6 Å². The molecule has 5 nitrogen and oxygen atoms in total. The first-order valence-electron chi connectivity index (χ1n) is 8.62. The van der Waals surface area contributed by atoms with E-state index in [2.05, 4.69) is 21.0 Å². The lowest BCUT2D eigenvalue weighted by Gasteiger charge is -2.32. The highest BCUT2D eigenvalue weighted by atomic mass is 16.2. The third kappa shape index (κ3) is 3.67. The molecule has 5 heteroatoms. The SMILES string of the molecule is C#CCCC1(CCC(=O)N2CCC(N3CCCCC3)C2)N=N1. The maximum absolute atomic E-state index is 12.4. The summed E-state index contributed by atoms with van der Waals surface area (Å²) in [7, 11) is 0. The zero-order valence-electron chi connectivity index (χ0n) is 13.3. The van der Waals surface area contributed by atoms with Crippen LogP contribution in [-0.2, 0) is 4.79 Å². The van der Waals surface area contributed by atoms with Gasteiger partial charge in [0.1, 0.15) is 0 Å². The number of piperidine rings is 1. The molecule has 120 valence electrons. The monoisotopic (exact) mass is 302 g/mol. The molecule has 0 aliphatic carbocycles. The number of hydrogen-bond donors (Lipinski definition) is 0. The summed E-state index contributed by atoms with van der Waals surface area (Å²) in [6.45, 7) is 4.23. The van der Waals surface area contributed by atoms with Gasteiger partial charge in [-0.05, 0) is 32.4 Å². The standard InChI is InChI=1S/C17H26N4O/c1-2-3-9-17(18-19-17)10-7-16(22)21-13-8-15(14-21)20-11-5-4-6-12-20/h1,15H,3-14H2. The number of carbonyl (C=O) groups is 1. The summed E-state index contributed by atoms with van der Waals surface area (Å²) in [5.41, 5.74) is -0.325. The van der Waals surface area contributed by atoms with Crippen LogP contribution in [0.3, 0.4) is 0 Å². The number of carbonyl (C=O) groups excluding carboxylic acids is 1. The van der Waals surface area contributed by atoms with Crippen molar-refractivity contribution in [2.75, 3.05) is 26.2 Å². The fraction of sp³-hybridized carbons (Fsp3) is 0.824. The molecule has 0 spiro atoms. The molecule has 2 saturated heterocycles. The van der Waals surface area contributed by atoms with Crippen LogP contribution >= 0.6 is 0 Å². The lowest BCUT2D eigenvalue weighted by molar-refractivity contribution is -0.130. The summed E-state index contributed by atoms with van der Waals surface area (Å²) in [6, 6.07) is 0.579. The molecule has 2 fully saturated rings. The fourth-order valence-electron chi connectivity index (χ4n) is 3.68. The van der Waals surface area contributed by atoms with Crippen LogP contribution in [0.4, 0.5) is 0 Å². The molecule has 22 heavy (non-hydrogen) atoms. The summed E-state index contributed by atoms with van der Waals surface area (Å²) in [6.07, 6.45) is 13.1. The Balaban J connectivity index is 1.41. The van der Waals surface area contributed by atoms with Crippen LogP contribution in [0.2, 0.25) is 0 Å². The minimum atomic E-state index is -0.325. The van der Waals surface area contributed by atoms with Gasteiger partial charge in [-0.2, -0.15) is 10.2 Å². The molecule has 1 amide bonds. The Morgan fingerprint density at radius 2 is 1.95 bits per heavy atom. The lowest BCUT2D eigenvalue weighted by atomic mass is 10.0. The molecule has 3 heterocycles. The van der Waals surface area contributed by atoms with Gasteiger partial charge in [0.15, 0.2) is 5.66 Å². The van der Waals surface area contributed by atoms with Crippen molar-refractivity contribution in [1.82, 2.24) is 9.80 Å². The van der Waals surface area contributed by atoms with Gasteiger partial charge in [-0.1, -0.05) is 6.42 Å². The number of hydrogen-bond acceptors (Lipinski definition) is 4. The van der Waals surface area contributed by atoms with Crippen LogP contribution in [0, 0.1) is 12.3 Å². The predicted molar refractivity (Wildman–Crippen MR) is 85.3 cm³/mol. The molecule has 0 aromatic rings. The summed E-state index contributed by atoms with van der Waals surface area (Å²) in [5, 5.41) is 8.22. The first-order valence-corrected chi connectivity index (χ1v) is 8.62. The highest BCUT2D eigenvalue weighted by molar-refractivity contribution is 5.76. The predicted octanol–water partition coefficient (Wildman–Crippen LogP) is 2.43. The highest BCUT2D eigenvalue weighted by Gasteiger charge is 2.40. The Bertz CT molecular complexity index is 470. The number of rotatable bonds is 6. The van der Waals surface area contributed by atoms with E-state index in [-0.39, 0.29) is 11.6 Å². The average Bonchev–Trinajstić information content (AvgIpc) is 3.16. The Hall–Kier alpha value is -1.41. The number of likely N-dealkylation sites (tertiary alicyclic amines) is 2. The molecule has 0 saturated carbocycles. The molecule has 0 radical (unpaired) electrons. The number of amides is 1. The van der Waals surface area contributed by atoms with Crippen LogP contribution in [0.5, 0.6) is 0 Å². The van der Waals surface area contributed by atoms with Crippen LogP contribution in [0.15, 0.2) is 10.2 Å². The Morgan fingerprint density at radius 1 is 1.18 bits per heavy atom. The van der Waals surface area contributed by atoms with Crippen molar-refractivity contribution < 1.29 is 4.79 Å². The third-order valence-electron chi connectivity index (χ3n) is 5.21. The first-order chi connectivity index (χ1) is 10.7. The van der Waals surface area contributed by atoms with Crippen molar-refractivity contribution >= 4 is 5.91 Å². The molecule has 0 aromatic carbocycles. The third-order valence-corrected chi connectivity index (χ3v) is 5.21. The summed E-state index contributed by atoms with van der Waals surface area (Å²) < 4.78 is 0. The van der Waals surface area contributed by atoms with Crippen molar-refractivity contribution in [2.24, 2.45) is 10.2 Å². The van der Waals surface area contributed by atoms with Crippen LogP contribution in [0.25, 0.3) is 0 Å². The number of nitrogens with zero attached hydrogens (tertiary/aromatic N) is 4. The maximum Gasteiger partial charge on any atom is 0.222 e. The van der Waals surface area contributed by atoms with E-state index in [1.54, 1.807) is 0 Å². The van der Waals surface area contributed by atoms with Gasteiger partial charge in [-0.25, -0.2) is 0 Å². The summed E-state index contributed by atoms with van der Waals surface area (Å²) in [4.78, 5) is 17.0. The topological polar surface area (TPSA) is 48.3 Å². The Kier molecular flexibility index (Phi) is 4.77. The zero-order valence-corrected chi connectivity index (χ0v) is 13.3. The maximum atomic E-state index is 12.4. The fourth-order valence-corrected chi connectivity index (χ4v) is 3.68. The first kappa shape index (κ1) is 15.5. The van der Waals surface area contributed by atoms with E-state index >= 15 is 0 Å². The molecule has 3 aliphatic rings. The van der Waals surface area contributed by atoms with Crippen LogP contribution < -0.4 is 0 Å². The molecule has 0 bridgehead atoms. The molecule has 0 aromatic heterocycles. The van der Waals surface area contributed by atoms with Gasteiger partial charge < -0.3 is 4.90 Å². The Labute approximate surface area is 133 Å². The molecule has 0 N–H and O–H groups in total. The average molecular weight is 302 g/mol. The van der Waals surface area contributed by atoms with Crippen molar-refractivity contribution in [3.8, 4) is 12.3 Å². The quantitative estimate of drug-likeness (QED) is 0.708. The van der Waals surface area contributed by atoms with E-state index in [1.165, 1.54) is 32.4 Å². The van der Waals surface area contributed by atoms with Gasteiger partial charge in [0.2, 0.25) is 5.91 Å². The summed E-state index contributed by atoms with van der Waals surface area (Å²) in [5.74, 6) is 2.89. The molecule has 3 rings (SSSR count). The van der Waals surface area contributed by atoms with Crippen molar-refractivity contribution in [1.29, 1.82) is 0 Å². The van der Waals surface area contributed by atoms with Gasteiger partial charge in [-0.3, -0.25) is 9.69 Å². The Morgan fingerprint density at radius 3 is 2.64 bits per heavy atom. The largest absolute Gasteiger partial charge is 0.341 e. The van der Waals surface area contributed by atoms with Gasteiger partial charge in [0, 0.05) is 44.8 Å².